The van der Waals surface area contributed by atoms with Gasteiger partial charge >= 0.3 is 5.97 Å². The number of hydrogen-bond donors (Lipinski definition) is 3. The number of benzene rings is 2. The predicted molar refractivity (Wildman–Crippen MR) is 98.1 cm³/mol. The van der Waals surface area contributed by atoms with Crippen molar-refractivity contribution >= 4 is 50.0 Å². The first-order chi connectivity index (χ1) is 11.9. The second kappa shape index (κ2) is 8.63. The molecule has 1 amide bonds. The van der Waals surface area contributed by atoms with E-state index in [1.807, 2.05) is 0 Å². The molecule has 0 spiro atoms. The van der Waals surface area contributed by atoms with Gasteiger partial charge in [0.05, 0.1) is 10.7 Å². The molecule has 0 aromatic heterocycles. The first-order valence-electron chi connectivity index (χ1n) is 6.83. The first kappa shape index (κ1) is 18.9. The van der Waals surface area contributed by atoms with Crippen molar-refractivity contribution in [1.82, 2.24) is 5.43 Å². The quantitative estimate of drug-likeness (QED) is 0.443. The van der Waals surface area contributed by atoms with Gasteiger partial charge in [-0.25, -0.2) is 10.2 Å². The Morgan fingerprint density at radius 2 is 2.00 bits per heavy atom. The lowest BCUT2D eigenvalue weighted by molar-refractivity contribution is -0.139. The number of hydrazone groups is 1. The van der Waals surface area contributed by atoms with Gasteiger partial charge in [-0.1, -0.05) is 22.0 Å². The fourth-order valence-corrected chi connectivity index (χ4v) is 3.21. The maximum absolute atomic E-state index is 12.0. The molecule has 0 unspecified atom stereocenters. The zero-order chi connectivity index (χ0) is 18.4. The number of aromatic hydroxyl groups is 1. The smallest absolute Gasteiger partial charge is 0.341 e. The highest BCUT2D eigenvalue weighted by Gasteiger charge is 2.11. The molecule has 0 bridgehead atoms. The van der Waals surface area contributed by atoms with E-state index in [9.17, 15) is 14.7 Å². The van der Waals surface area contributed by atoms with Gasteiger partial charge < -0.3 is 14.9 Å². The zero-order valence-corrected chi connectivity index (χ0v) is 15.7. The average Bonchev–Trinajstić information content (AvgIpc) is 2.53. The third-order valence-corrected chi connectivity index (χ3v) is 3.90. The van der Waals surface area contributed by atoms with Crippen molar-refractivity contribution in [3.63, 3.8) is 0 Å². The van der Waals surface area contributed by atoms with Gasteiger partial charge in [-0.15, -0.1) is 0 Å². The SMILES string of the molecule is O=C(O)COc1c(Br)cc(Br)cc1C=NNC(=O)c1cccc(O)c1. The molecule has 0 aliphatic rings. The molecule has 0 radical (unpaired) electrons. The number of carboxylic acid groups (broad SMARTS) is 1. The molecule has 2 aromatic rings. The van der Waals surface area contributed by atoms with Crippen molar-refractivity contribution in [2.75, 3.05) is 6.61 Å². The molecule has 0 heterocycles. The number of amides is 1. The van der Waals surface area contributed by atoms with E-state index in [1.54, 1.807) is 12.1 Å². The van der Waals surface area contributed by atoms with Crippen molar-refractivity contribution < 1.29 is 24.5 Å². The number of nitrogens with zero attached hydrogens (tertiary/aromatic N) is 1. The first-order valence-corrected chi connectivity index (χ1v) is 8.41. The molecule has 130 valence electrons. The number of carboxylic acids is 1. The summed E-state index contributed by atoms with van der Waals surface area (Å²) in [7, 11) is 0. The van der Waals surface area contributed by atoms with Crippen LogP contribution in [0.2, 0.25) is 0 Å². The number of hydrogen-bond acceptors (Lipinski definition) is 5. The van der Waals surface area contributed by atoms with Crippen LogP contribution in [0.4, 0.5) is 0 Å². The second-order valence-electron chi connectivity index (χ2n) is 4.74. The van der Waals surface area contributed by atoms with Crippen molar-refractivity contribution in [1.29, 1.82) is 0 Å². The summed E-state index contributed by atoms with van der Waals surface area (Å²) in [6.45, 7) is -0.517. The predicted octanol–water partition coefficient (Wildman–Crippen LogP) is 3.14. The van der Waals surface area contributed by atoms with E-state index >= 15 is 0 Å². The monoisotopic (exact) mass is 470 g/mol. The summed E-state index contributed by atoms with van der Waals surface area (Å²) in [5.41, 5.74) is 3.03. The largest absolute Gasteiger partial charge is 0.508 e. The minimum Gasteiger partial charge on any atom is -0.508 e. The van der Waals surface area contributed by atoms with Gasteiger partial charge in [0.2, 0.25) is 0 Å². The summed E-state index contributed by atoms with van der Waals surface area (Å²) in [6, 6.07) is 9.18. The molecule has 0 saturated carbocycles. The highest BCUT2D eigenvalue weighted by Crippen LogP contribution is 2.32. The summed E-state index contributed by atoms with van der Waals surface area (Å²) >= 11 is 6.60. The molecule has 0 aliphatic carbocycles. The summed E-state index contributed by atoms with van der Waals surface area (Å²) in [4.78, 5) is 22.6. The number of halogens is 2. The summed E-state index contributed by atoms with van der Waals surface area (Å²) in [5.74, 6) is -1.37. The Morgan fingerprint density at radius 3 is 2.68 bits per heavy atom. The van der Waals surface area contributed by atoms with Crippen LogP contribution in [-0.4, -0.2) is 34.9 Å². The fraction of sp³-hybridized carbons (Fsp3) is 0.0625. The van der Waals surface area contributed by atoms with Gasteiger partial charge in [0.15, 0.2) is 6.61 Å². The third kappa shape index (κ3) is 5.57. The summed E-state index contributed by atoms with van der Waals surface area (Å²) in [5, 5.41) is 22.0. The minimum absolute atomic E-state index is 0.0306. The van der Waals surface area contributed by atoms with Crippen molar-refractivity contribution in [3.05, 3.63) is 56.5 Å². The maximum Gasteiger partial charge on any atom is 0.341 e. The summed E-state index contributed by atoms with van der Waals surface area (Å²) < 4.78 is 6.48. The van der Waals surface area contributed by atoms with Crippen LogP contribution in [0.1, 0.15) is 15.9 Å². The molecule has 3 N–H and O–H groups in total. The van der Waals surface area contributed by atoms with Gasteiger partial charge in [-0.2, -0.15) is 5.10 Å². The van der Waals surface area contributed by atoms with Crippen LogP contribution < -0.4 is 10.2 Å². The van der Waals surface area contributed by atoms with Crippen LogP contribution in [0.3, 0.4) is 0 Å². The molecular formula is C16H12Br2N2O5. The van der Waals surface area contributed by atoms with Gasteiger partial charge in [0, 0.05) is 15.6 Å². The topological polar surface area (TPSA) is 108 Å². The number of aliphatic carboxylic acids is 1. The molecule has 25 heavy (non-hydrogen) atoms. The van der Waals surface area contributed by atoms with Gasteiger partial charge in [-0.05, 0) is 46.3 Å². The van der Waals surface area contributed by atoms with Crippen LogP contribution in [0, 0.1) is 0 Å². The van der Waals surface area contributed by atoms with E-state index in [4.69, 9.17) is 9.84 Å². The number of carbonyl (C=O) groups is 2. The Balaban J connectivity index is 2.16. The van der Waals surface area contributed by atoms with Crippen LogP contribution in [-0.2, 0) is 4.79 Å². The molecule has 9 heteroatoms. The van der Waals surface area contributed by atoms with Crippen LogP contribution >= 0.6 is 31.9 Å². The molecule has 0 atom stereocenters. The van der Waals surface area contributed by atoms with E-state index in [-0.39, 0.29) is 17.1 Å². The standard InChI is InChI=1S/C16H12Br2N2O5/c17-11-4-10(15(13(18)6-11)25-8-14(22)23)7-19-20-16(24)9-2-1-3-12(21)5-9/h1-7,21H,8H2,(H,20,24)(H,22,23). The third-order valence-electron chi connectivity index (χ3n) is 2.86. The van der Waals surface area contributed by atoms with E-state index in [1.165, 1.54) is 30.5 Å². The Labute approximate surface area is 159 Å². The normalized spacial score (nSPS) is 10.6. The van der Waals surface area contributed by atoms with E-state index in [2.05, 4.69) is 42.4 Å². The number of nitrogens with one attached hydrogen (secondary N) is 1. The minimum atomic E-state index is -1.12. The maximum atomic E-state index is 12.0. The highest BCUT2D eigenvalue weighted by atomic mass is 79.9. The molecule has 7 nitrogen and oxygen atoms in total. The number of phenolic OH excluding ortho intramolecular Hbond substituents is 1. The van der Waals surface area contributed by atoms with E-state index in [0.29, 0.717) is 14.5 Å². The van der Waals surface area contributed by atoms with Gasteiger partial charge in [0.1, 0.15) is 11.5 Å². The van der Waals surface area contributed by atoms with E-state index in [0.717, 1.165) is 0 Å². The average molecular weight is 472 g/mol. The Morgan fingerprint density at radius 1 is 1.24 bits per heavy atom. The fourth-order valence-electron chi connectivity index (χ4n) is 1.83. The molecule has 2 aromatic carbocycles. The Kier molecular flexibility index (Phi) is 6.54. The number of phenols is 1. The number of ether oxygens (including phenoxy) is 1. The van der Waals surface area contributed by atoms with E-state index < -0.39 is 18.5 Å². The molecule has 0 fully saturated rings. The Hall–Kier alpha value is -2.39. The lowest BCUT2D eigenvalue weighted by Gasteiger charge is -2.10. The van der Waals surface area contributed by atoms with Crippen LogP contribution in [0.25, 0.3) is 0 Å². The van der Waals surface area contributed by atoms with Crippen molar-refractivity contribution in [2.24, 2.45) is 5.10 Å². The summed E-state index contributed by atoms with van der Waals surface area (Å²) in [6.07, 6.45) is 1.33. The van der Waals surface area contributed by atoms with Gasteiger partial charge in [-0.3, -0.25) is 4.79 Å². The molecule has 0 aliphatic heterocycles. The van der Waals surface area contributed by atoms with Gasteiger partial charge in [0.25, 0.3) is 5.91 Å². The number of rotatable bonds is 6. The molecular weight excluding hydrogens is 460 g/mol. The van der Waals surface area contributed by atoms with Crippen LogP contribution in [0.15, 0.2) is 50.4 Å². The lowest BCUT2D eigenvalue weighted by atomic mass is 10.2. The molecule has 2 rings (SSSR count). The lowest BCUT2D eigenvalue weighted by Crippen LogP contribution is -2.17. The zero-order valence-electron chi connectivity index (χ0n) is 12.6. The van der Waals surface area contributed by atoms with Crippen molar-refractivity contribution in [3.8, 4) is 11.5 Å². The van der Waals surface area contributed by atoms with Crippen LogP contribution in [0.5, 0.6) is 11.5 Å². The number of carbonyl (C=O) groups excluding carboxylic acids is 1. The Bertz CT molecular complexity index is 839. The highest BCUT2D eigenvalue weighted by molar-refractivity contribution is 9.11. The molecule has 0 saturated heterocycles. The second-order valence-corrected chi connectivity index (χ2v) is 6.51. The van der Waals surface area contributed by atoms with Crippen molar-refractivity contribution in [2.45, 2.75) is 0 Å².